The third-order valence-corrected chi connectivity index (χ3v) is 8.82. The maximum atomic E-state index is 13.4. The highest BCUT2D eigenvalue weighted by Crippen LogP contribution is 2.33. The van der Waals surface area contributed by atoms with Crippen molar-refractivity contribution in [2.75, 3.05) is 52.6 Å². The average Bonchev–Trinajstić information content (AvgIpc) is 3.35. The van der Waals surface area contributed by atoms with Gasteiger partial charge in [0.1, 0.15) is 5.75 Å². The van der Waals surface area contributed by atoms with E-state index in [1.54, 1.807) is 21.9 Å². The molecule has 2 aliphatic heterocycles. The fourth-order valence-corrected chi connectivity index (χ4v) is 6.06. The second-order valence-electron chi connectivity index (χ2n) is 10.1. The van der Waals surface area contributed by atoms with Gasteiger partial charge < -0.3 is 14.5 Å². The minimum absolute atomic E-state index is 0.0594. The number of urea groups is 1. The summed E-state index contributed by atoms with van der Waals surface area (Å²) in [5, 5.41) is 0.586. The average molecular weight is 607 g/mol. The van der Waals surface area contributed by atoms with Gasteiger partial charge in [-0.15, -0.1) is 0 Å². The van der Waals surface area contributed by atoms with Crippen LogP contribution in [0.4, 0.5) is 22.4 Å². The van der Waals surface area contributed by atoms with Gasteiger partial charge >= 0.3 is 18.6 Å². The first-order valence-corrected chi connectivity index (χ1v) is 14.9. The first-order valence-electron chi connectivity index (χ1n) is 12.6. The molecule has 2 aromatic rings. The number of rotatable bonds is 8. The second-order valence-corrected chi connectivity index (χ2v) is 12.5. The molecule has 14 heteroatoms. The lowest BCUT2D eigenvalue weighted by atomic mass is 9.93. The summed E-state index contributed by atoms with van der Waals surface area (Å²) in [6.45, 7) is 2.33. The number of amides is 2. The largest absolute Gasteiger partial charge is 0.461 e. The number of hydrogen-bond acceptors (Lipinski definition) is 5. The van der Waals surface area contributed by atoms with Crippen LogP contribution in [0.15, 0.2) is 48.5 Å². The molecule has 0 radical (unpaired) electrons. The monoisotopic (exact) mass is 606 g/mol. The number of piperazine rings is 1. The molecule has 2 aromatic carbocycles. The first kappa shape index (κ1) is 30.4. The second kappa shape index (κ2) is 12.1. The molecular weight excluding hydrogens is 576 g/mol. The van der Waals surface area contributed by atoms with E-state index in [1.165, 1.54) is 28.6 Å². The Morgan fingerprint density at radius 2 is 1.62 bits per heavy atom. The van der Waals surface area contributed by atoms with Crippen molar-refractivity contribution in [1.29, 1.82) is 0 Å². The van der Waals surface area contributed by atoms with Gasteiger partial charge in [0.15, 0.2) is 0 Å². The van der Waals surface area contributed by atoms with Crippen molar-refractivity contribution in [3.8, 4) is 5.75 Å². The highest BCUT2D eigenvalue weighted by atomic mass is 35.5. The van der Waals surface area contributed by atoms with Crippen molar-refractivity contribution < 1.29 is 35.5 Å². The van der Waals surface area contributed by atoms with E-state index in [0.29, 0.717) is 37.7 Å². The van der Waals surface area contributed by atoms with Crippen molar-refractivity contribution >= 4 is 27.7 Å². The van der Waals surface area contributed by atoms with Crippen LogP contribution < -0.4 is 4.74 Å². The van der Waals surface area contributed by atoms with Crippen LogP contribution in [0.1, 0.15) is 17.0 Å². The Morgan fingerprint density at radius 1 is 1.02 bits per heavy atom. The van der Waals surface area contributed by atoms with E-state index >= 15 is 0 Å². The molecule has 2 heterocycles. The maximum Gasteiger partial charge on any atom is 0.461 e. The Balaban J connectivity index is 1.46. The van der Waals surface area contributed by atoms with Crippen molar-refractivity contribution in [3.63, 3.8) is 0 Å². The Hall–Kier alpha value is -2.61. The third-order valence-electron chi connectivity index (χ3n) is 7.27. The minimum Gasteiger partial charge on any atom is -0.428 e. The van der Waals surface area contributed by atoms with Crippen LogP contribution in [0.5, 0.6) is 5.75 Å². The molecule has 2 atom stereocenters. The quantitative estimate of drug-likeness (QED) is 0.422. The minimum atomic E-state index is -4.58. The molecule has 0 bridgehead atoms. The summed E-state index contributed by atoms with van der Waals surface area (Å²) in [4.78, 5) is 18.9. The summed E-state index contributed by atoms with van der Waals surface area (Å²) >= 11 is 6.09. The van der Waals surface area contributed by atoms with Crippen LogP contribution in [-0.2, 0) is 16.6 Å². The summed E-state index contributed by atoms with van der Waals surface area (Å²) < 4.78 is 80.5. The van der Waals surface area contributed by atoms with Crippen LogP contribution >= 0.6 is 11.6 Å². The molecule has 2 aliphatic rings. The van der Waals surface area contributed by atoms with Gasteiger partial charge in [0.05, 0.1) is 6.26 Å². The number of alkyl halides is 4. The van der Waals surface area contributed by atoms with E-state index in [-0.39, 0.29) is 36.8 Å². The van der Waals surface area contributed by atoms with Gasteiger partial charge in [-0.1, -0.05) is 35.9 Å². The molecule has 40 heavy (non-hydrogen) atoms. The van der Waals surface area contributed by atoms with Gasteiger partial charge in [0.2, 0.25) is 10.0 Å². The van der Waals surface area contributed by atoms with Gasteiger partial charge in [-0.2, -0.15) is 21.9 Å². The smallest absolute Gasteiger partial charge is 0.428 e. The van der Waals surface area contributed by atoms with E-state index in [2.05, 4.69) is 9.64 Å². The zero-order valence-corrected chi connectivity index (χ0v) is 23.6. The molecule has 2 amide bonds. The molecule has 0 saturated carbocycles. The number of likely N-dealkylation sites (N-methyl/N-ethyl adjacent to an activating group) is 1. The van der Waals surface area contributed by atoms with E-state index in [9.17, 15) is 30.8 Å². The van der Waals surface area contributed by atoms with Crippen molar-refractivity contribution in [1.82, 2.24) is 19.0 Å². The predicted octanol–water partition coefficient (Wildman–Crippen LogP) is 4.17. The van der Waals surface area contributed by atoms with Crippen molar-refractivity contribution in [3.05, 3.63) is 64.7 Å². The number of carbonyl (C=O) groups is 1. The fourth-order valence-electron chi connectivity index (χ4n) is 5.11. The van der Waals surface area contributed by atoms with Gasteiger partial charge in [-0.3, -0.25) is 4.90 Å². The van der Waals surface area contributed by atoms with Gasteiger partial charge in [0.25, 0.3) is 0 Å². The summed E-state index contributed by atoms with van der Waals surface area (Å²) in [5.41, 5.74) is 1.74. The number of sulfonamides is 1. The lowest BCUT2D eigenvalue weighted by Crippen LogP contribution is -2.53. The zero-order valence-electron chi connectivity index (χ0n) is 22.0. The molecular formula is C26H31ClF4N4O4S. The number of benzene rings is 2. The normalized spacial score (nSPS) is 20.9. The number of hydrogen-bond donors (Lipinski definition) is 0. The van der Waals surface area contributed by atoms with E-state index in [4.69, 9.17) is 11.6 Å². The molecule has 0 N–H and O–H groups in total. The Bertz CT molecular complexity index is 1280. The summed E-state index contributed by atoms with van der Waals surface area (Å²) in [6.07, 6.45) is -7.37. The molecule has 2 fully saturated rings. The lowest BCUT2D eigenvalue weighted by Gasteiger charge is -2.35. The van der Waals surface area contributed by atoms with Gasteiger partial charge in [-0.05, 0) is 42.4 Å². The molecule has 0 spiro atoms. The number of likely N-dealkylation sites (tertiary alicyclic amines) is 1. The molecule has 4 rings (SSSR count). The van der Waals surface area contributed by atoms with Crippen molar-refractivity contribution in [2.24, 2.45) is 0 Å². The molecule has 0 aliphatic carbocycles. The number of carbonyl (C=O) groups excluding carboxylic acids is 1. The molecule has 8 nitrogen and oxygen atoms in total. The Morgan fingerprint density at radius 3 is 2.17 bits per heavy atom. The highest BCUT2D eigenvalue weighted by Gasteiger charge is 2.44. The number of halogens is 5. The van der Waals surface area contributed by atoms with Gasteiger partial charge in [0, 0.05) is 62.8 Å². The highest BCUT2D eigenvalue weighted by molar-refractivity contribution is 7.88. The summed E-state index contributed by atoms with van der Waals surface area (Å²) in [5.74, 6) is -0.430. The van der Waals surface area contributed by atoms with Crippen LogP contribution in [0.25, 0.3) is 0 Å². The molecule has 2 saturated heterocycles. The maximum absolute atomic E-state index is 13.4. The molecule has 1 unspecified atom stereocenters. The number of ether oxygens (including phenoxy) is 1. The standard InChI is InChI=1S/C26H31ClF4N4O4S/c1-32(15-18-3-9-21(10-4-18)39-26(30,31)24(28)29)23-17-34(16-22(23)19-5-7-20(27)8-6-19)25(36)33-11-13-35(14-12-33)40(2,37)38/h3-10,22-24H,11-17H2,1-2H3/t22-,23?/m1/s1. The number of nitrogens with zero attached hydrogens (tertiary/aromatic N) is 4. The topological polar surface area (TPSA) is 73.4 Å². The van der Waals surface area contributed by atoms with E-state index in [0.717, 1.165) is 17.4 Å². The Kier molecular flexibility index (Phi) is 9.18. The predicted molar refractivity (Wildman–Crippen MR) is 142 cm³/mol. The molecule has 220 valence electrons. The van der Waals surface area contributed by atoms with Gasteiger partial charge in [-0.25, -0.2) is 13.2 Å². The van der Waals surface area contributed by atoms with Crippen LogP contribution in [0.3, 0.4) is 0 Å². The van der Waals surface area contributed by atoms with E-state index < -0.39 is 22.6 Å². The Labute approximate surface area is 236 Å². The fraction of sp³-hybridized carbons (Fsp3) is 0.500. The van der Waals surface area contributed by atoms with Crippen LogP contribution in [0, 0.1) is 0 Å². The third kappa shape index (κ3) is 7.17. The first-order chi connectivity index (χ1) is 18.7. The SMILES string of the molecule is CN(Cc1ccc(OC(F)(F)C(F)F)cc1)C1CN(C(=O)N2CCN(S(C)(=O)=O)CC2)C[C@@H]1c1ccc(Cl)cc1. The van der Waals surface area contributed by atoms with E-state index in [1.807, 2.05) is 19.2 Å². The summed E-state index contributed by atoms with van der Waals surface area (Å²) in [6, 6.07) is 12.6. The zero-order chi connectivity index (χ0) is 29.2. The van der Waals surface area contributed by atoms with Crippen LogP contribution in [-0.4, -0.2) is 105 Å². The van der Waals surface area contributed by atoms with Crippen LogP contribution in [0.2, 0.25) is 5.02 Å². The summed E-state index contributed by atoms with van der Waals surface area (Å²) in [7, 11) is -1.43. The van der Waals surface area contributed by atoms with Crippen molar-refractivity contribution in [2.45, 2.75) is 31.0 Å². The molecule has 0 aromatic heterocycles. The lowest BCUT2D eigenvalue weighted by molar-refractivity contribution is -0.253.